The number of fused-ring (bicyclic) bond motifs is 1. The third-order valence-electron chi connectivity index (χ3n) is 10.1. The van der Waals surface area contributed by atoms with Crippen molar-refractivity contribution in [2.75, 3.05) is 6.61 Å². The Hall–Kier alpha value is -4.69. The first-order chi connectivity index (χ1) is 25.3. The number of rotatable bonds is 11. The van der Waals surface area contributed by atoms with E-state index in [2.05, 4.69) is 26.1 Å². The van der Waals surface area contributed by atoms with Crippen molar-refractivity contribution in [2.45, 2.75) is 81.9 Å². The van der Waals surface area contributed by atoms with E-state index >= 15 is 0 Å². The van der Waals surface area contributed by atoms with E-state index in [0.717, 1.165) is 10.4 Å². The van der Waals surface area contributed by atoms with E-state index in [1.54, 1.807) is 49.4 Å². The quantitative estimate of drug-likeness (QED) is 0.101. The molecule has 3 amide bonds. The number of imide groups is 1. The highest BCUT2D eigenvalue weighted by molar-refractivity contribution is 6.99. The number of ether oxygens (including phenoxy) is 2. The number of hydrogen-bond donors (Lipinski definition) is 4. The van der Waals surface area contributed by atoms with Gasteiger partial charge >= 0.3 is 6.09 Å². The van der Waals surface area contributed by atoms with Crippen LogP contribution in [0, 0.1) is 0 Å². The van der Waals surface area contributed by atoms with Crippen molar-refractivity contribution in [3.05, 3.63) is 132 Å². The van der Waals surface area contributed by atoms with Crippen molar-refractivity contribution in [3.63, 3.8) is 0 Å². The summed E-state index contributed by atoms with van der Waals surface area (Å²) in [4.78, 5) is 42.1. The van der Waals surface area contributed by atoms with Crippen LogP contribution >= 0.6 is 0 Å². The zero-order valence-corrected chi connectivity index (χ0v) is 31.3. The normalized spacial score (nSPS) is 24.5. The molecule has 0 aliphatic carbocycles. The van der Waals surface area contributed by atoms with Crippen molar-refractivity contribution in [3.8, 4) is 0 Å². The average Bonchev–Trinajstić information content (AvgIpc) is 3.39. The second kappa shape index (κ2) is 15.0. The number of nitrogens with one attached hydrogen (secondary N) is 1. The van der Waals surface area contributed by atoms with Gasteiger partial charge in [-0.05, 0) is 33.1 Å². The minimum absolute atomic E-state index is 0.0389. The van der Waals surface area contributed by atoms with Crippen LogP contribution in [-0.2, 0) is 20.5 Å². The van der Waals surface area contributed by atoms with Crippen molar-refractivity contribution >= 4 is 36.6 Å². The molecule has 2 aliphatic heterocycles. The molecule has 0 bridgehead atoms. The Kier molecular flexibility index (Phi) is 10.7. The molecule has 1 saturated heterocycles. The van der Waals surface area contributed by atoms with E-state index in [1.165, 1.54) is 12.1 Å². The first-order valence-electron chi connectivity index (χ1n) is 17.8. The number of benzene rings is 4. The first kappa shape index (κ1) is 38.0. The zero-order chi connectivity index (χ0) is 38.0. The zero-order valence-electron chi connectivity index (χ0n) is 30.3. The molecule has 2 heterocycles. The number of hydrogen-bond acceptors (Lipinski definition) is 9. The number of carbonyl (C=O) groups excluding carboxylic acids is 3. The van der Waals surface area contributed by atoms with Crippen molar-refractivity contribution in [2.24, 2.45) is 0 Å². The molecule has 4 N–H and O–H groups in total. The van der Waals surface area contributed by atoms with Crippen LogP contribution in [0.25, 0.3) is 0 Å². The van der Waals surface area contributed by atoms with Crippen molar-refractivity contribution < 1.29 is 43.6 Å². The maximum Gasteiger partial charge on any atom is 0.409 e. The van der Waals surface area contributed by atoms with Gasteiger partial charge in [-0.2, -0.15) is 0 Å². The van der Waals surface area contributed by atoms with Gasteiger partial charge in [-0.3, -0.25) is 19.8 Å². The largest absolute Gasteiger partial charge is 0.445 e. The number of carbonyl (C=O) groups is 3. The van der Waals surface area contributed by atoms with E-state index < -0.39 is 61.0 Å². The number of aliphatic hydroxyl groups excluding tert-OH is 1. The number of amides is 3. The van der Waals surface area contributed by atoms with Crippen molar-refractivity contribution in [1.29, 1.82) is 0 Å². The molecule has 0 aromatic heterocycles. The molecule has 6 rings (SSSR count). The van der Waals surface area contributed by atoms with Gasteiger partial charge in [0, 0.05) is 6.42 Å². The van der Waals surface area contributed by atoms with Crippen LogP contribution in [0.2, 0.25) is 5.04 Å². The van der Waals surface area contributed by atoms with Gasteiger partial charge in [-0.1, -0.05) is 137 Å². The summed E-state index contributed by atoms with van der Waals surface area (Å²) in [6.07, 6.45) is -4.61. The topological polar surface area (TPSA) is 155 Å². The van der Waals surface area contributed by atoms with E-state index in [0.29, 0.717) is 10.5 Å². The molecular formula is C41H46N2O9Si. The lowest BCUT2D eigenvalue weighted by atomic mass is 9.81. The predicted octanol–water partition coefficient (Wildman–Crippen LogP) is 4.09. The van der Waals surface area contributed by atoms with Crippen LogP contribution in [0.4, 0.5) is 4.79 Å². The molecule has 1 fully saturated rings. The molecule has 0 saturated carbocycles. The highest BCUT2D eigenvalue weighted by Crippen LogP contribution is 2.44. The van der Waals surface area contributed by atoms with Crippen LogP contribution in [-0.4, -0.2) is 82.8 Å². The molecule has 0 radical (unpaired) electrons. The van der Waals surface area contributed by atoms with Crippen molar-refractivity contribution in [1.82, 2.24) is 10.2 Å². The third kappa shape index (κ3) is 6.94. The van der Waals surface area contributed by atoms with Crippen LogP contribution in [0.15, 0.2) is 115 Å². The Morgan fingerprint density at radius 1 is 0.830 bits per heavy atom. The van der Waals surface area contributed by atoms with Crippen LogP contribution in [0.1, 0.15) is 66.8 Å². The Balaban J connectivity index is 1.42. The van der Waals surface area contributed by atoms with Gasteiger partial charge in [0.25, 0.3) is 20.1 Å². The highest BCUT2D eigenvalue weighted by Gasteiger charge is 2.68. The second-order valence-electron chi connectivity index (χ2n) is 14.6. The summed E-state index contributed by atoms with van der Waals surface area (Å²) >= 11 is 0. The van der Waals surface area contributed by atoms with Gasteiger partial charge in [0.2, 0.25) is 0 Å². The second-order valence-corrected chi connectivity index (χ2v) is 18.9. The molecule has 4 aromatic carbocycles. The summed E-state index contributed by atoms with van der Waals surface area (Å²) in [6.45, 7) is 7.43. The average molecular weight is 739 g/mol. The number of aliphatic hydroxyl groups is 3. The fourth-order valence-electron chi connectivity index (χ4n) is 7.73. The van der Waals surface area contributed by atoms with Gasteiger partial charge in [0.05, 0.1) is 17.7 Å². The minimum atomic E-state index is -3.25. The van der Waals surface area contributed by atoms with Crippen LogP contribution in [0.5, 0.6) is 0 Å². The highest BCUT2D eigenvalue weighted by atomic mass is 28.4. The maximum atomic E-state index is 13.9. The van der Waals surface area contributed by atoms with E-state index in [-0.39, 0.29) is 37.2 Å². The molecule has 11 nitrogen and oxygen atoms in total. The Bertz CT molecular complexity index is 1850. The number of alkyl carbamates (subject to hydrolysis) is 1. The Labute approximate surface area is 310 Å². The maximum absolute atomic E-state index is 13.9. The molecule has 12 heteroatoms. The standard InChI is InChI=1S/C41H46N2O9Si/c1-5-25-40(48)37(43-35(45)31-23-15-16-24-32(31)36(43)46)41(49,42-38(47)50-26-28-17-9-6-10-18-28)34(44)33(52-40)27-51-53(39(2,3)4,29-19-11-7-12-20-29)30-21-13-8-14-22-30/h6-24,33-34,37,44,48-49H,5,25-27H2,1-4H3,(H,42,47)/t33-,34-,37+,40-,41+/m1/s1. The third-order valence-corrected chi connectivity index (χ3v) is 15.1. The van der Waals surface area contributed by atoms with Crippen LogP contribution in [0.3, 0.4) is 0 Å². The summed E-state index contributed by atoms with van der Waals surface area (Å²) in [7, 11) is -3.25. The molecule has 0 unspecified atom stereocenters. The van der Waals surface area contributed by atoms with E-state index in [1.807, 2.05) is 60.7 Å². The smallest absolute Gasteiger partial charge is 0.409 e. The monoisotopic (exact) mass is 738 g/mol. The van der Waals surface area contributed by atoms with Gasteiger partial charge in [-0.25, -0.2) is 4.79 Å². The first-order valence-corrected chi connectivity index (χ1v) is 19.7. The molecule has 53 heavy (non-hydrogen) atoms. The molecule has 278 valence electrons. The Morgan fingerprint density at radius 2 is 1.32 bits per heavy atom. The summed E-state index contributed by atoms with van der Waals surface area (Å²) in [5, 5.41) is 41.2. The van der Waals surface area contributed by atoms with Gasteiger partial charge in [-0.15, -0.1) is 0 Å². The lowest BCUT2D eigenvalue weighted by Gasteiger charge is -2.56. The van der Waals surface area contributed by atoms with E-state index in [9.17, 15) is 29.7 Å². The summed E-state index contributed by atoms with van der Waals surface area (Å²) in [5.41, 5.74) is -2.16. The van der Waals surface area contributed by atoms with Gasteiger partial charge < -0.3 is 29.2 Å². The SMILES string of the molecule is CCC[C@@]1(O)O[C@H](CO[Si](c2ccccc2)(c2ccccc2)C(C)(C)C)[C@@H](O)[C@@](O)(NC(=O)OCc2ccccc2)[C@H]1N1C(=O)c2ccccc2C1=O. The van der Waals surface area contributed by atoms with Gasteiger partial charge in [0.15, 0.2) is 11.5 Å². The molecule has 4 aromatic rings. The van der Waals surface area contributed by atoms with Crippen LogP contribution < -0.4 is 15.7 Å². The molecule has 2 aliphatic rings. The fraction of sp³-hybridized carbons (Fsp3) is 0.341. The summed E-state index contributed by atoms with van der Waals surface area (Å²) in [5.74, 6) is -4.14. The predicted molar refractivity (Wildman–Crippen MR) is 200 cm³/mol. The van der Waals surface area contributed by atoms with E-state index in [4.69, 9.17) is 13.9 Å². The van der Waals surface area contributed by atoms with Gasteiger partial charge in [0.1, 0.15) is 24.9 Å². The summed E-state index contributed by atoms with van der Waals surface area (Å²) in [6, 6.07) is 32.4. The Morgan fingerprint density at radius 3 is 1.81 bits per heavy atom. The number of nitrogens with zero attached hydrogens (tertiary/aromatic N) is 1. The molecule has 5 atom stereocenters. The summed E-state index contributed by atoms with van der Waals surface area (Å²) < 4.78 is 18.8. The fourth-order valence-corrected chi connectivity index (χ4v) is 12.3. The molecule has 0 spiro atoms. The minimum Gasteiger partial charge on any atom is -0.445 e. The lowest BCUT2D eigenvalue weighted by Crippen LogP contribution is -2.82. The lowest BCUT2D eigenvalue weighted by molar-refractivity contribution is -0.358. The molecular weight excluding hydrogens is 693 g/mol.